The molecule has 1 unspecified atom stereocenters. The van der Waals surface area contributed by atoms with E-state index in [0.29, 0.717) is 5.69 Å². The molecule has 0 bridgehead atoms. The van der Waals surface area contributed by atoms with Crippen LogP contribution in [0.15, 0.2) is 29.6 Å². The van der Waals surface area contributed by atoms with E-state index in [2.05, 4.69) is 24.0 Å². The number of carboxylic acid groups (broad SMARTS) is 1. The highest BCUT2D eigenvalue weighted by Crippen LogP contribution is 2.30. The monoisotopic (exact) mass is 358 g/mol. The van der Waals surface area contributed by atoms with Gasteiger partial charge < -0.3 is 10.0 Å². The maximum absolute atomic E-state index is 12.6. The number of nitrogens with zero attached hydrogens (tertiary/aromatic N) is 2. The molecular weight excluding hydrogens is 336 g/mol. The van der Waals surface area contributed by atoms with E-state index in [1.807, 2.05) is 17.5 Å². The Hall–Kier alpha value is -2.21. The smallest absolute Gasteiger partial charge is 0.326 e. The van der Waals surface area contributed by atoms with Crippen LogP contribution in [0.5, 0.6) is 0 Å². The first kappa shape index (κ1) is 17.6. The molecule has 1 aliphatic carbocycles. The first-order chi connectivity index (χ1) is 12.0. The van der Waals surface area contributed by atoms with Crippen molar-refractivity contribution in [2.45, 2.75) is 51.6 Å². The van der Waals surface area contributed by atoms with Crippen LogP contribution in [0.25, 0.3) is 10.6 Å². The Morgan fingerprint density at radius 1 is 1.32 bits per heavy atom. The highest BCUT2D eigenvalue weighted by Gasteiger charge is 2.38. The quantitative estimate of drug-likeness (QED) is 0.824. The van der Waals surface area contributed by atoms with Crippen molar-refractivity contribution in [2.75, 3.05) is 0 Å². The number of amides is 1. The predicted octanol–water partition coefficient (Wildman–Crippen LogP) is 3.38. The van der Waals surface area contributed by atoms with Crippen molar-refractivity contribution in [3.8, 4) is 10.6 Å². The van der Waals surface area contributed by atoms with Gasteiger partial charge in [0, 0.05) is 17.0 Å². The zero-order valence-corrected chi connectivity index (χ0v) is 15.3. The molecule has 0 saturated heterocycles. The van der Waals surface area contributed by atoms with Gasteiger partial charge in [-0.05, 0) is 31.7 Å². The molecular formula is C19H22N2O3S. The molecule has 5 nitrogen and oxygen atoms in total. The summed E-state index contributed by atoms with van der Waals surface area (Å²) in [5.74, 6) is -1.12. The summed E-state index contributed by atoms with van der Waals surface area (Å²) in [6.07, 6.45) is 2.92. The van der Waals surface area contributed by atoms with Gasteiger partial charge in [-0.3, -0.25) is 4.79 Å². The van der Waals surface area contributed by atoms with E-state index in [4.69, 9.17) is 0 Å². The summed E-state index contributed by atoms with van der Waals surface area (Å²) in [5.41, 5.74) is 3.02. The maximum atomic E-state index is 12.6. The minimum absolute atomic E-state index is 0.0679. The van der Waals surface area contributed by atoms with E-state index < -0.39 is 12.0 Å². The normalized spacial score (nSPS) is 15.0. The van der Waals surface area contributed by atoms with Gasteiger partial charge in [-0.15, -0.1) is 11.3 Å². The van der Waals surface area contributed by atoms with Crippen molar-refractivity contribution < 1.29 is 14.7 Å². The molecule has 1 N–H and O–H groups in total. The van der Waals surface area contributed by atoms with Gasteiger partial charge in [-0.25, -0.2) is 9.78 Å². The van der Waals surface area contributed by atoms with E-state index >= 15 is 0 Å². The molecule has 1 fully saturated rings. The van der Waals surface area contributed by atoms with E-state index in [-0.39, 0.29) is 18.4 Å². The summed E-state index contributed by atoms with van der Waals surface area (Å²) in [4.78, 5) is 29.9. The minimum Gasteiger partial charge on any atom is -0.480 e. The molecule has 25 heavy (non-hydrogen) atoms. The molecule has 1 heterocycles. The van der Waals surface area contributed by atoms with Crippen molar-refractivity contribution >= 4 is 23.2 Å². The van der Waals surface area contributed by atoms with Crippen LogP contribution in [-0.4, -0.2) is 39.0 Å². The molecule has 0 aliphatic heterocycles. The van der Waals surface area contributed by atoms with Crippen LogP contribution in [0, 0.1) is 0 Å². The third kappa shape index (κ3) is 4.07. The lowest BCUT2D eigenvalue weighted by molar-refractivity contribution is -0.149. The largest absolute Gasteiger partial charge is 0.480 e. The average molecular weight is 358 g/mol. The summed E-state index contributed by atoms with van der Waals surface area (Å²) in [6.45, 7) is 3.69. The molecule has 1 aliphatic rings. The number of carbonyl (C=O) groups excluding carboxylic acids is 1. The minimum atomic E-state index is -0.963. The van der Waals surface area contributed by atoms with Gasteiger partial charge in [0.2, 0.25) is 5.91 Å². The van der Waals surface area contributed by atoms with Gasteiger partial charge in [0.25, 0.3) is 0 Å². The number of carboxylic acids is 1. The van der Waals surface area contributed by atoms with Gasteiger partial charge in [0.15, 0.2) is 0 Å². The average Bonchev–Trinajstić information content (AvgIpc) is 3.32. The molecule has 1 amide bonds. The number of benzene rings is 1. The highest BCUT2D eigenvalue weighted by molar-refractivity contribution is 7.13. The number of aliphatic carboxylic acids is 1. The first-order valence-electron chi connectivity index (χ1n) is 8.57. The summed E-state index contributed by atoms with van der Waals surface area (Å²) in [6, 6.07) is 7.55. The molecule has 1 aromatic carbocycles. The van der Waals surface area contributed by atoms with Gasteiger partial charge in [0.05, 0.1) is 12.1 Å². The van der Waals surface area contributed by atoms with Crippen LogP contribution < -0.4 is 0 Å². The van der Waals surface area contributed by atoms with Crippen LogP contribution in [0.4, 0.5) is 0 Å². The van der Waals surface area contributed by atoms with Crippen molar-refractivity contribution in [1.82, 2.24) is 9.88 Å². The molecule has 1 atom stereocenters. The Labute approximate surface area is 151 Å². The molecule has 132 valence electrons. The molecule has 3 rings (SSSR count). The fraction of sp³-hybridized carbons (Fsp3) is 0.421. The Morgan fingerprint density at radius 3 is 2.56 bits per heavy atom. The van der Waals surface area contributed by atoms with Crippen molar-refractivity contribution in [3.63, 3.8) is 0 Å². The van der Waals surface area contributed by atoms with Crippen molar-refractivity contribution in [3.05, 3.63) is 40.9 Å². The number of rotatable bonds is 7. The van der Waals surface area contributed by atoms with Gasteiger partial charge in [-0.1, -0.05) is 31.2 Å². The van der Waals surface area contributed by atoms with Crippen LogP contribution in [0.2, 0.25) is 0 Å². The summed E-state index contributed by atoms with van der Waals surface area (Å²) >= 11 is 1.51. The second kappa shape index (κ2) is 7.35. The zero-order chi connectivity index (χ0) is 18.0. The lowest BCUT2D eigenvalue weighted by Crippen LogP contribution is -2.45. The number of hydrogen-bond donors (Lipinski definition) is 1. The molecule has 2 aromatic rings. The molecule has 1 saturated carbocycles. The number of hydrogen-bond acceptors (Lipinski definition) is 4. The van der Waals surface area contributed by atoms with E-state index in [0.717, 1.165) is 29.8 Å². The van der Waals surface area contributed by atoms with Gasteiger partial charge in [0.1, 0.15) is 11.0 Å². The highest BCUT2D eigenvalue weighted by atomic mass is 32.1. The molecule has 6 heteroatoms. The van der Waals surface area contributed by atoms with Crippen molar-refractivity contribution in [1.29, 1.82) is 0 Å². The van der Waals surface area contributed by atoms with Gasteiger partial charge >= 0.3 is 5.97 Å². The van der Waals surface area contributed by atoms with Crippen LogP contribution in [0.1, 0.15) is 37.9 Å². The Kier molecular flexibility index (Phi) is 5.18. The molecule has 0 spiro atoms. The number of aromatic nitrogens is 1. The molecule has 1 aromatic heterocycles. The van der Waals surface area contributed by atoms with E-state index in [9.17, 15) is 14.7 Å². The Balaban J connectivity index is 1.71. The predicted molar refractivity (Wildman–Crippen MR) is 97.6 cm³/mol. The summed E-state index contributed by atoms with van der Waals surface area (Å²) in [7, 11) is 0. The SMILES string of the molecule is CCc1ccc(-c2nc(CC(=O)N(C3CC3)C(C)C(=O)O)cs2)cc1. The number of aryl methyl sites for hydroxylation is 1. The number of carbonyl (C=O) groups is 2. The van der Waals surface area contributed by atoms with E-state index in [1.165, 1.54) is 21.8 Å². The van der Waals surface area contributed by atoms with Crippen LogP contribution >= 0.6 is 11.3 Å². The first-order valence-corrected chi connectivity index (χ1v) is 9.45. The lowest BCUT2D eigenvalue weighted by Gasteiger charge is -2.26. The maximum Gasteiger partial charge on any atom is 0.326 e. The van der Waals surface area contributed by atoms with E-state index in [1.54, 1.807) is 6.92 Å². The standard InChI is InChI=1S/C19H22N2O3S/c1-3-13-4-6-14(7-5-13)18-20-15(11-25-18)10-17(22)21(16-8-9-16)12(2)19(23)24/h4-7,11-12,16H,3,8-10H2,1-2H3,(H,23,24). The van der Waals surface area contributed by atoms with Crippen molar-refractivity contribution in [2.24, 2.45) is 0 Å². The summed E-state index contributed by atoms with van der Waals surface area (Å²) in [5, 5.41) is 12.0. The Bertz CT molecular complexity index is 765. The Morgan fingerprint density at radius 2 is 2.00 bits per heavy atom. The second-order valence-electron chi connectivity index (χ2n) is 6.42. The zero-order valence-electron chi connectivity index (χ0n) is 14.4. The fourth-order valence-corrected chi connectivity index (χ4v) is 3.68. The topological polar surface area (TPSA) is 70.5 Å². The fourth-order valence-electron chi connectivity index (χ4n) is 2.86. The third-order valence-electron chi connectivity index (χ3n) is 4.50. The van der Waals surface area contributed by atoms with Crippen LogP contribution in [0.3, 0.4) is 0 Å². The second-order valence-corrected chi connectivity index (χ2v) is 7.28. The van der Waals surface area contributed by atoms with Gasteiger partial charge in [-0.2, -0.15) is 0 Å². The van der Waals surface area contributed by atoms with Crippen LogP contribution in [-0.2, 0) is 22.4 Å². The lowest BCUT2D eigenvalue weighted by atomic mass is 10.1. The third-order valence-corrected chi connectivity index (χ3v) is 5.44. The molecule has 0 radical (unpaired) electrons. The number of thiazole rings is 1. The summed E-state index contributed by atoms with van der Waals surface area (Å²) < 4.78 is 0.